The number of hydrogen-bond acceptors (Lipinski definition) is 3. The molecule has 0 aromatic heterocycles. The standard InChI is InChI=1S/C17H19NO4S/c1-3-14-9-11-15(12-10-14)18(13(2)17(19)20)23(21,22)16-7-5-4-6-8-16/h4-13H,3H2,1-2H3,(H,19,20). The molecule has 2 rings (SSSR count). The number of hydrogen-bond donors (Lipinski definition) is 1. The van der Waals surface area contributed by atoms with E-state index in [9.17, 15) is 18.3 Å². The van der Waals surface area contributed by atoms with Gasteiger partial charge in [0.2, 0.25) is 0 Å². The zero-order chi connectivity index (χ0) is 17.0. The molecule has 23 heavy (non-hydrogen) atoms. The number of aryl methyl sites for hydroxylation is 1. The van der Waals surface area contributed by atoms with E-state index in [2.05, 4.69) is 0 Å². The van der Waals surface area contributed by atoms with Gasteiger partial charge in [-0.2, -0.15) is 0 Å². The van der Waals surface area contributed by atoms with Crippen molar-refractivity contribution in [2.75, 3.05) is 4.31 Å². The van der Waals surface area contributed by atoms with Gasteiger partial charge in [0.05, 0.1) is 10.6 Å². The minimum atomic E-state index is -3.97. The van der Waals surface area contributed by atoms with E-state index in [0.717, 1.165) is 16.3 Å². The van der Waals surface area contributed by atoms with Crippen LogP contribution in [0.5, 0.6) is 0 Å². The molecular weight excluding hydrogens is 314 g/mol. The van der Waals surface area contributed by atoms with Crippen molar-refractivity contribution in [1.82, 2.24) is 0 Å². The molecule has 0 aliphatic rings. The Labute approximate surface area is 136 Å². The van der Waals surface area contributed by atoms with Crippen LogP contribution in [0, 0.1) is 0 Å². The van der Waals surface area contributed by atoms with Crippen molar-refractivity contribution in [2.24, 2.45) is 0 Å². The topological polar surface area (TPSA) is 74.7 Å². The summed E-state index contributed by atoms with van der Waals surface area (Å²) in [6, 6.07) is 13.5. The summed E-state index contributed by atoms with van der Waals surface area (Å²) in [5.74, 6) is -1.20. The predicted molar refractivity (Wildman–Crippen MR) is 89.0 cm³/mol. The molecule has 2 aromatic carbocycles. The molecule has 0 radical (unpaired) electrons. The van der Waals surface area contributed by atoms with Crippen LogP contribution in [-0.4, -0.2) is 25.5 Å². The quantitative estimate of drug-likeness (QED) is 0.882. The molecule has 6 heteroatoms. The summed E-state index contributed by atoms with van der Waals surface area (Å²) in [6.45, 7) is 3.35. The van der Waals surface area contributed by atoms with E-state index in [1.807, 2.05) is 6.92 Å². The van der Waals surface area contributed by atoms with Crippen LogP contribution in [-0.2, 0) is 21.2 Å². The van der Waals surface area contributed by atoms with Gasteiger partial charge in [-0.3, -0.25) is 4.31 Å². The number of sulfonamides is 1. The Bertz CT molecular complexity index is 770. The molecule has 0 spiro atoms. The van der Waals surface area contributed by atoms with Gasteiger partial charge in [0.1, 0.15) is 6.04 Å². The van der Waals surface area contributed by atoms with E-state index >= 15 is 0 Å². The fourth-order valence-electron chi connectivity index (χ4n) is 2.26. The fourth-order valence-corrected chi connectivity index (χ4v) is 3.89. The van der Waals surface area contributed by atoms with Crippen molar-refractivity contribution in [3.63, 3.8) is 0 Å². The molecule has 0 aliphatic heterocycles. The molecule has 1 atom stereocenters. The van der Waals surface area contributed by atoms with Crippen LogP contribution >= 0.6 is 0 Å². The fraction of sp³-hybridized carbons (Fsp3) is 0.235. The lowest BCUT2D eigenvalue weighted by molar-refractivity contribution is -0.137. The van der Waals surface area contributed by atoms with Crippen LogP contribution in [0.3, 0.4) is 0 Å². The van der Waals surface area contributed by atoms with Gasteiger partial charge in [0.25, 0.3) is 10.0 Å². The largest absolute Gasteiger partial charge is 0.480 e. The summed E-state index contributed by atoms with van der Waals surface area (Å²) < 4.78 is 26.7. The molecule has 0 saturated heterocycles. The van der Waals surface area contributed by atoms with E-state index in [1.54, 1.807) is 42.5 Å². The first-order valence-corrected chi connectivity index (χ1v) is 8.73. The van der Waals surface area contributed by atoms with Gasteiger partial charge in [-0.25, -0.2) is 13.2 Å². The summed E-state index contributed by atoms with van der Waals surface area (Å²) in [5, 5.41) is 9.32. The molecule has 5 nitrogen and oxygen atoms in total. The Kier molecular flexibility index (Phi) is 5.05. The minimum absolute atomic E-state index is 0.0627. The van der Waals surface area contributed by atoms with Crippen molar-refractivity contribution >= 4 is 21.7 Å². The first-order valence-electron chi connectivity index (χ1n) is 7.29. The van der Waals surface area contributed by atoms with Crippen molar-refractivity contribution in [1.29, 1.82) is 0 Å². The number of carbonyl (C=O) groups is 1. The Morgan fingerprint density at radius 3 is 2.13 bits per heavy atom. The first-order chi connectivity index (χ1) is 10.9. The molecule has 122 valence electrons. The average Bonchev–Trinajstić information content (AvgIpc) is 2.56. The highest BCUT2D eigenvalue weighted by molar-refractivity contribution is 7.92. The first kappa shape index (κ1) is 17.0. The van der Waals surface area contributed by atoms with Crippen molar-refractivity contribution in [3.8, 4) is 0 Å². The summed E-state index contributed by atoms with van der Waals surface area (Å²) in [5.41, 5.74) is 1.38. The van der Waals surface area contributed by atoms with Gasteiger partial charge in [0.15, 0.2) is 0 Å². The lowest BCUT2D eigenvalue weighted by Gasteiger charge is -2.28. The Balaban J connectivity index is 2.56. The van der Waals surface area contributed by atoms with Gasteiger partial charge in [-0.1, -0.05) is 37.3 Å². The molecule has 1 unspecified atom stereocenters. The lowest BCUT2D eigenvalue weighted by atomic mass is 10.1. The number of rotatable bonds is 6. The number of aliphatic carboxylic acids is 1. The molecule has 0 fully saturated rings. The third-order valence-electron chi connectivity index (χ3n) is 3.61. The van der Waals surface area contributed by atoms with Gasteiger partial charge in [0, 0.05) is 0 Å². The molecule has 0 aliphatic carbocycles. The zero-order valence-electron chi connectivity index (χ0n) is 13.0. The predicted octanol–water partition coefficient (Wildman–Crippen LogP) is 2.92. The van der Waals surface area contributed by atoms with Crippen LogP contribution in [0.1, 0.15) is 19.4 Å². The van der Waals surface area contributed by atoms with Gasteiger partial charge in [-0.15, -0.1) is 0 Å². The Morgan fingerprint density at radius 2 is 1.65 bits per heavy atom. The van der Waals surface area contributed by atoms with Crippen LogP contribution < -0.4 is 4.31 Å². The van der Waals surface area contributed by atoms with Crippen LogP contribution in [0.2, 0.25) is 0 Å². The zero-order valence-corrected chi connectivity index (χ0v) is 13.8. The summed E-state index contributed by atoms with van der Waals surface area (Å²) in [6.07, 6.45) is 0.820. The Morgan fingerprint density at radius 1 is 1.09 bits per heavy atom. The number of carboxylic acids is 1. The summed E-state index contributed by atoms with van der Waals surface area (Å²) >= 11 is 0. The summed E-state index contributed by atoms with van der Waals surface area (Å²) in [4.78, 5) is 11.5. The minimum Gasteiger partial charge on any atom is -0.480 e. The van der Waals surface area contributed by atoms with E-state index < -0.39 is 22.0 Å². The molecule has 0 amide bonds. The highest BCUT2D eigenvalue weighted by Gasteiger charge is 2.33. The molecule has 1 N–H and O–H groups in total. The maximum atomic E-state index is 12.9. The number of benzene rings is 2. The summed E-state index contributed by atoms with van der Waals surface area (Å²) in [7, 11) is -3.97. The van der Waals surface area contributed by atoms with Gasteiger partial charge >= 0.3 is 5.97 Å². The van der Waals surface area contributed by atoms with E-state index in [1.165, 1.54) is 19.1 Å². The number of nitrogens with zero attached hydrogens (tertiary/aromatic N) is 1. The highest BCUT2D eigenvalue weighted by atomic mass is 32.2. The van der Waals surface area contributed by atoms with E-state index in [0.29, 0.717) is 5.69 Å². The second kappa shape index (κ2) is 6.83. The monoisotopic (exact) mass is 333 g/mol. The lowest BCUT2D eigenvalue weighted by Crippen LogP contribution is -2.43. The molecule has 2 aromatic rings. The Hall–Kier alpha value is -2.34. The molecule has 0 bridgehead atoms. The van der Waals surface area contributed by atoms with Crippen molar-refractivity contribution < 1.29 is 18.3 Å². The highest BCUT2D eigenvalue weighted by Crippen LogP contribution is 2.26. The SMILES string of the molecule is CCc1ccc(N(C(C)C(=O)O)S(=O)(=O)c2ccccc2)cc1. The van der Waals surface area contributed by atoms with Crippen molar-refractivity contribution in [2.45, 2.75) is 31.2 Å². The molecule has 0 saturated carbocycles. The second-order valence-electron chi connectivity index (χ2n) is 5.15. The third-order valence-corrected chi connectivity index (χ3v) is 5.52. The number of carboxylic acid groups (broad SMARTS) is 1. The second-order valence-corrected chi connectivity index (χ2v) is 6.96. The number of anilines is 1. The van der Waals surface area contributed by atoms with Crippen molar-refractivity contribution in [3.05, 3.63) is 60.2 Å². The maximum Gasteiger partial charge on any atom is 0.327 e. The third kappa shape index (κ3) is 3.53. The maximum absolute atomic E-state index is 12.9. The van der Waals surface area contributed by atoms with Crippen LogP contribution in [0.4, 0.5) is 5.69 Å². The van der Waals surface area contributed by atoms with Gasteiger partial charge in [-0.05, 0) is 43.2 Å². The van der Waals surface area contributed by atoms with Crippen LogP contribution in [0.25, 0.3) is 0 Å². The average molecular weight is 333 g/mol. The molecular formula is C17H19NO4S. The van der Waals surface area contributed by atoms with Crippen LogP contribution in [0.15, 0.2) is 59.5 Å². The normalized spacial score (nSPS) is 12.6. The smallest absolute Gasteiger partial charge is 0.327 e. The van der Waals surface area contributed by atoms with Gasteiger partial charge < -0.3 is 5.11 Å². The van der Waals surface area contributed by atoms with E-state index in [4.69, 9.17) is 0 Å². The molecule has 0 heterocycles. The van der Waals surface area contributed by atoms with E-state index in [-0.39, 0.29) is 4.90 Å².